The van der Waals surface area contributed by atoms with E-state index in [0.29, 0.717) is 32.5 Å². The van der Waals surface area contributed by atoms with Gasteiger partial charge in [-0.15, -0.1) is 0 Å². The molecule has 1 heterocycles. The van der Waals surface area contributed by atoms with E-state index in [1.54, 1.807) is 24.3 Å². The molecule has 8 heteroatoms. The molecule has 2 aromatic rings. The number of piperazine rings is 1. The largest absolute Gasteiger partial charge is 0.368 e. The second-order valence-electron chi connectivity index (χ2n) is 8.69. The zero-order chi connectivity index (χ0) is 23.3. The standard InChI is InChI=1S/C24H32ClN3O3S/c1-18(2)17-26-32(30,31)22-9-5-20(6-10-22)7-11-24(29)28-14-12-27(13-15-28)23-16-21(25)8-4-19(23)3/h4-6,8-10,16,18,26H,7,11-15,17H2,1-3H3. The molecule has 0 atom stereocenters. The Hall–Kier alpha value is -2.09. The van der Waals surface area contributed by atoms with Crippen molar-refractivity contribution in [3.05, 3.63) is 58.6 Å². The molecule has 1 aliphatic rings. The van der Waals surface area contributed by atoms with Gasteiger partial charge in [-0.3, -0.25) is 4.79 Å². The van der Waals surface area contributed by atoms with Crippen molar-refractivity contribution in [2.24, 2.45) is 5.92 Å². The lowest BCUT2D eigenvalue weighted by Crippen LogP contribution is -2.49. The van der Waals surface area contributed by atoms with Crippen molar-refractivity contribution in [1.29, 1.82) is 0 Å². The Kier molecular flexibility index (Phi) is 8.20. The van der Waals surface area contributed by atoms with Crippen LogP contribution < -0.4 is 9.62 Å². The van der Waals surface area contributed by atoms with Gasteiger partial charge in [0.25, 0.3) is 0 Å². The van der Waals surface area contributed by atoms with E-state index in [2.05, 4.69) is 16.5 Å². The van der Waals surface area contributed by atoms with E-state index in [4.69, 9.17) is 11.6 Å². The van der Waals surface area contributed by atoms with Crippen molar-refractivity contribution in [2.45, 2.75) is 38.5 Å². The molecule has 0 bridgehead atoms. The molecule has 0 spiro atoms. The van der Waals surface area contributed by atoms with Crippen LogP contribution >= 0.6 is 11.6 Å². The van der Waals surface area contributed by atoms with Crippen LogP contribution in [0.4, 0.5) is 5.69 Å². The first-order valence-corrected chi connectivity index (χ1v) is 12.9. The van der Waals surface area contributed by atoms with Gasteiger partial charge in [0.1, 0.15) is 0 Å². The lowest BCUT2D eigenvalue weighted by atomic mass is 10.1. The number of nitrogens with zero attached hydrogens (tertiary/aromatic N) is 2. The molecule has 1 fully saturated rings. The van der Waals surface area contributed by atoms with E-state index < -0.39 is 10.0 Å². The minimum absolute atomic E-state index is 0.128. The Balaban J connectivity index is 1.49. The molecule has 1 aliphatic heterocycles. The molecule has 2 aromatic carbocycles. The summed E-state index contributed by atoms with van der Waals surface area (Å²) in [6.07, 6.45) is 1.00. The number of rotatable bonds is 8. The highest BCUT2D eigenvalue weighted by molar-refractivity contribution is 7.89. The monoisotopic (exact) mass is 477 g/mol. The topological polar surface area (TPSA) is 69.7 Å². The third-order valence-electron chi connectivity index (χ3n) is 5.69. The number of hydrogen-bond donors (Lipinski definition) is 1. The Labute approximate surface area is 196 Å². The van der Waals surface area contributed by atoms with Crippen LogP contribution in [-0.4, -0.2) is 51.9 Å². The zero-order valence-corrected chi connectivity index (χ0v) is 20.5. The van der Waals surface area contributed by atoms with Crippen LogP contribution in [0.5, 0.6) is 0 Å². The van der Waals surface area contributed by atoms with Gasteiger partial charge >= 0.3 is 0 Å². The SMILES string of the molecule is Cc1ccc(Cl)cc1N1CCN(C(=O)CCc2ccc(S(=O)(=O)NCC(C)C)cc2)CC1. The van der Waals surface area contributed by atoms with Crippen LogP contribution in [0.1, 0.15) is 31.4 Å². The fourth-order valence-electron chi connectivity index (χ4n) is 3.72. The minimum atomic E-state index is -3.49. The number of sulfonamides is 1. The molecule has 0 radical (unpaired) electrons. The first-order valence-electron chi connectivity index (χ1n) is 11.0. The molecule has 3 rings (SSSR count). The highest BCUT2D eigenvalue weighted by Crippen LogP contribution is 2.25. The van der Waals surface area contributed by atoms with Gasteiger partial charge in [0.15, 0.2) is 0 Å². The third-order valence-corrected chi connectivity index (χ3v) is 7.36. The van der Waals surface area contributed by atoms with Crippen molar-refractivity contribution in [3.63, 3.8) is 0 Å². The number of nitrogens with one attached hydrogen (secondary N) is 1. The molecule has 1 saturated heterocycles. The normalized spacial score (nSPS) is 14.8. The summed E-state index contributed by atoms with van der Waals surface area (Å²) in [6, 6.07) is 12.7. The molecule has 174 valence electrons. The maximum atomic E-state index is 12.7. The quantitative estimate of drug-likeness (QED) is 0.626. The molecule has 6 nitrogen and oxygen atoms in total. The van der Waals surface area contributed by atoms with E-state index in [1.165, 1.54) is 5.56 Å². The second-order valence-corrected chi connectivity index (χ2v) is 10.9. The van der Waals surface area contributed by atoms with E-state index >= 15 is 0 Å². The second kappa shape index (κ2) is 10.7. The number of halogens is 1. The lowest BCUT2D eigenvalue weighted by molar-refractivity contribution is -0.131. The number of anilines is 1. The van der Waals surface area contributed by atoms with E-state index in [0.717, 1.165) is 29.4 Å². The predicted molar refractivity (Wildman–Crippen MR) is 130 cm³/mol. The molecule has 1 amide bonds. The fourth-order valence-corrected chi connectivity index (χ4v) is 5.10. The Morgan fingerprint density at radius 3 is 2.34 bits per heavy atom. The predicted octanol–water partition coefficient (Wildman–Crippen LogP) is 3.86. The number of aryl methyl sites for hydroxylation is 2. The van der Waals surface area contributed by atoms with Gasteiger partial charge < -0.3 is 9.80 Å². The summed E-state index contributed by atoms with van der Waals surface area (Å²) in [4.78, 5) is 17.1. The molecule has 0 aliphatic carbocycles. The number of hydrogen-bond acceptors (Lipinski definition) is 4. The van der Waals surface area contributed by atoms with Gasteiger partial charge in [0.05, 0.1) is 4.90 Å². The van der Waals surface area contributed by atoms with Gasteiger partial charge in [-0.1, -0.05) is 43.6 Å². The lowest BCUT2D eigenvalue weighted by Gasteiger charge is -2.37. The third kappa shape index (κ3) is 6.47. The minimum Gasteiger partial charge on any atom is -0.368 e. The Morgan fingerprint density at radius 2 is 1.72 bits per heavy atom. The smallest absolute Gasteiger partial charge is 0.240 e. The van der Waals surface area contributed by atoms with Gasteiger partial charge in [0.2, 0.25) is 15.9 Å². The molecule has 0 aromatic heterocycles. The molecule has 32 heavy (non-hydrogen) atoms. The van der Waals surface area contributed by atoms with Crippen LogP contribution in [0.25, 0.3) is 0 Å². The van der Waals surface area contributed by atoms with Crippen molar-refractivity contribution in [1.82, 2.24) is 9.62 Å². The van der Waals surface area contributed by atoms with E-state index in [1.807, 2.05) is 36.9 Å². The average molecular weight is 478 g/mol. The van der Waals surface area contributed by atoms with Crippen molar-refractivity contribution in [3.8, 4) is 0 Å². The summed E-state index contributed by atoms with van der Waals surface area (Å²) in [5, 5.41) is 0.721. The highest BCUT2D eigenvalue weighted by atomic mass is 35.5. The average Bonchev–Trinajstić information content (AvgIpc) is 2.78. The summed E-state index contributed by atoms with van der Waals surface area (Å²) in [7, 11) is -3.49. The molecule has 0 saturated carbocycles. The number of benzene rings is 2. The molecular formula is C24H32ClN3O3S. The van der Waals surface area contributed by atoms with Crippen LogP contribution in [0, 0.1) is 12.8 Å². The van der Waals surface area contributed by atoms with Crippen molar-refractivity contribution in [2.75, 3.05) is 37.6 Å². The number of carbonyl (C=O) groups is 1. The van der Waals surface area contributed by atoms with Gasteiger partial charge in [-0.2, -0.15) is 0 Å². The van der Waals surface area contributed by atoms with Crippen molar-refractivity contribution >= 4 is 33.2 Å². The summed E-state index contributed by atoms with van der Waals surface area (Å²) >= 11 is 6.15. The Bertz CT molecular complexity index is 1030. The van der Waals surface area contributed by atoms with E-state index in [-0.39, 0.29) is 16.7 Å². The molecule has 0 unspecified atom stereocenters. The maximum absolute atomic E-state index is 12.7. The summed E-state index contributed by atoms with van der Waals surface area (Å²) in [5.41, 5.74) is 3.26. The van der Waals surface area contributed by atoms with Crippen LogP contribution in [0.3, 0.4) is 0 Å². The summed E-state index contributed by atoms with van der Waals surface area (Å²) in [6.45, 7) is 9.32. The fraction of sp³-hybridized carbons (Fsp3) is 0.458. The number of carbonyl (C=O) groups excluding carboxylic acids is 1. The molecular weight excluding hydrogens is 446 g/mol. The zero-order valence-electron chi connectivity index (χ0n) is 19.0. The first kappa shape index (κ1) is 24.6. The summed E-state index contributed by atoms with van der Waals surface area (Å²) in [5.74, 6) is 0.370. The molecule has 1 N–H and O–H groups in total. The van der Waals surface area contributed by atoms with Gasteiger partial charge in [-0.25, -0.2) is 13.1 Å². The number of amides is 1. The van der Waals surface area contributed by atoms with Crippen LogP contribution in [0.15, 0.2) is 47.4 Å². The summed E-state index contributed by atoms with van der Waals surface area (Å²) < 4.78 is 27.2. The van der Waals surface area contributed by atoms with Crippen molar-refractivity contribution < 1.29 is 13.2 Å². The van der Waals surface area contributed by atoms with Gasteiger partial charge in [0, 0.05) is 49.9 Å². The van der Waals surface area contributed by atoms with Gasteiger partial charge in [-0.05, 0) is 54.7 Å². The van der Waals surface area contributed by atoms with Crippen LogP contribution in [-0.2, 0) is 21.2 Å². The highest BCUT2D eigenvalue weighted by Gasteiger charge is 2.22. The Morgan fingerprint density at radius 1 is 1.06 bits per heavy atom. The van der Waals surface area contributed by atoms with Crippen LogP contribution in [0.2, 0.25) is 5.02 Å². The maximum Gasteiger partial charge on any atom is 0.240 e. The van der Waals surface area contributed by atoms with E-state index in [9.17, 15) is 13.2 Å². The first-order chi connectivity index (χ1) is 15.2.